The van der Waals surface area contributed by atoms with Gasteiger partial charge in [-0.05, 0) is 42.2 Å². The number of nitrogens with one attached hydrogen (secondary N) is 3. The van der Waals surface area contributed by atoms with Gasteiger partial charge in [0.2, 0.25) is 11.8 Å². The Labute approximate surface area is 193 Å². The Morgan fingerprint density at radius 3 is 2.52 bits per heavy atom. The van der Waals surface area contributed by atoms with Crippen molar-refractivity contribution < 1.29 is 23.9 Å². The minimum Gasteiger partial charge on any atom is -0.493 e. The molecule has 2 aromatic rings. The third-order valence-electron chi connectivity index (χ3n) is 5.40. The Kier molecular flexibility index (Phi) is 7.76. The quantitative estimate of drug-likeness (QED) is 0.568. The lowest BCUT2D eigenvalue weighted by molar-refractivity contribution is -0.123. The maximum atomic E-state index is 13.0. The fraction of sp³-hybridized carbons (Fsp3) is 0.375. The molecular weight excluding hydrogens is 424 g/mol. The number of rotatable bonds is 8. The molecule has 176 valence electrons. The molecule has 0 unspecified atom stereocenters. The molecule has 0 spiro atoms. The number of benzene rings is 2. The minimum absolute atomic E-state index is 0.116. The second-order valence-corrected chi connectivity index (χ2v) is 8.05. The van der Waals surface area contributed by atoms with Gasteiger partial charge in [0.1, 0.15) is 12.6 Å². The van der Waals surface area contributed by atoms with E-state index in [-0.39, 0.29) is 24.3 Å². The molecule has 1 aliphatic heterocycles. The van der Waals surface area contributed by atoms with E-state index < -0.39 is 12.1 Å². The zero-order valence-electron chi connectivity index (χ0n) is 19.3. The van der Waals surface area contributed by atoms with Crippen molar-refractivity contribution in [2.24, 2.45) is 5.92 Å². The summed E-state index contributed by atoms with van der Waals surface area (Å²) in [7, 11) is 3.15. The van der Waals surface area contributed by atoms with Gasteiger partial charge in [0, 0.05) is 6.54 Å². The van der Waals surface area contributed by atoms with Crippen molar-refractivity contribution in [2.45, 2.75) is 26.3 Å². The van der Waals surface area contributed by atoms with Crippen LogP contribution in [0.5, 0.6) is 11.5 Å². The minimum atomic E-state index is -0.750. The van der Waals surface area contributed by atoms with Crippen LogP contribution < -0.4 is 30.3 Å². The number of para-hydroxylation sites is 2. The van der Waals surface area contributed by atoms with Crippen molar-refractivity contribution in [1.29, 1.82) is 0 Å². The topological polar surface area (TPSA) is 109 Å². The van der Waals surface area contributed by atoms with E-state index in [2.05, 4.69) is 16.0 Å². The molecule has 0 saturated heterocycles. The first-order valence-corrected chi connectivity index (χ1v) is 10.8. The highest BCUT2D eigenvalue weighted by molar-refractivity contribution is 6.10. The number of amides is 4. The molecule has 0 aromatic heterocycles. The van der Waals surface area contributed by atoms with Crippen molar-refractivity contribution in [1.82, 2.24) is 10.6 Å². The average Bonchev–Trinajstić information content (AvgIpc) is 2.81. The van der Waals surface area contributed by atoms with Gasteiger partial charge in [-0.2, -0.15) is 0 Å². The largest absolute Gasteiger partial charge is 0.493 e. The number of hydrogen-bond donors (Lipinski definition) is 3. The van der Waals surface area contributed by atoms with Crippen LogP contribution in [0.3, 0.4) is 0 Å². The lowest BCUT2D eigenvalue weighted by Gasteiger charge is -2.31. The van der Waals surface area contributed by atoms with E-state index in [0.717, 1.165) is 5.56 Å². The van der Waals surface area contributed by atoms with Crippen LogP contribution in [0.25, 0.3) is 0 Å². The number of hydrogen-bond acceptors (Lipinski definition) is 5. The summed E-state index contributed by atoms with van der Waals surface area (Å²) in [5.74, 6) is 0.544. The lowest BCUT2D eigenvalue weighted by atomic mass is 10.0. The number of nitrogens with zero attached hydrogens (tertiary/aromatic N) is 1. The second kappa shape index (κ2) is 10.7. The summed E-state index contributed by atoms with van der Waals surface area (Å²) in [6.45, 7) is 3.99. The van der Waals surface area contributed by atoms with Gasteiger partial charge in [0.15, 0.2) is 11.5 Å². The second-order valence-electron chi connectivity index (χ2n) is 8.05. The predicted molar refractivity (Wildman–Crippen MR) is 126 cm³/mol. The SMILES string of the molecule is COc1ccc(CCNC(=O)[C@H](NC(=O)N2CC(=O)Nc3ccccc32)C(C)C)cc1OC. The molecule has 9 nitrogen and oxygen atoms in total. The van der Waals surface area contributed by atoms with Gasteiger partial charge in [-0.15, -0.1) is 0 Å². The number of carbonyl (C=O) groups is 3. The molecule has 0 fully saturated rings. The third kappa shape index (κ3) is 5.74. The highest BCUT2D eigenvalue weighted by Crippen LogP contribution is 2.29. The van der Waals surface area contributed by atoms with Crippen LogP contribution in [-0.2, 0) is 16.0 Å². The maximum Gasteiger partial charge on any atom is 0.323 e. The zero-order chi connectivity index (χ0) is 24.0. The first-order chi connectivity index (χ1) is 15.8. The molecule has 0 aliphatic carbocycles. The van der Waals surface area contributed by atoms with E-state index in [1.54, 1.807) is 38.5 Å². The Hall–Kier alpha value is -3.75. The van der Waals surface area contributed by atoms with Crippen LogP contribution in [0.2, 0.25) is 0 Å². The molecule has 3 N–H and O–H groups in total. The number of fused-ring (bicyclic) bond motifs is 1. The van der Waals surface area contributed by atoms with Gasteiger partial charge < -0.3 is 25.4 Å². The molecule has 4 amide bonds. The summed E-state index contributed by atoms with van der Waals surface area (Å²) in [5, 5.41) is 8.42. The van der Waals surface area contributed by atoms with Gasteiger partial charge >= 0.3 is 6.03 Å². The highest BCUT2D eigenvalue weighted by Gasteiger charge is 2.31. The van der Waals surface area contributed by atoms with Crippen molar-refractivity contribution in [3.8, 4) is 11.5 Å². The fourth-order valence-corrected chi connectivity index (χ4v) is 3.64. The Morgan fingerprint density at radius 2 is 1.82 bits per heavy atom. The molecule has 3 rings (SSSR count). The Balaban J connectivity index is 1.62. The smallest absolute Gasteiger partial charge is 0.323 e. The molecule has 9 heteroatoms. The molecule has 0 bridgehead atoms. The van der Waals surface area contributed by atoms with Gasteiger partial charge in [-0.25, -0.2) is 4.79 Å². The molecule has 1 atom stereocenters. The van der Waals surface area contributed by atoms with Crippen molar-refractivity contribution in [3.63, 3.8) is 0 Å². The summed E-state index contributed by atoms with van der Waals surface area (Å²) in [6.07, 6.45) is 0.588. The number of anilines is 2. The molecule has 0 saturated carbocycles. The monoisotopic (exact) mass is 454 g/mol. The van der Waals surface area contributed by atoms with E-state index in [4.69, 9.17) is 9.47 Å². The maximum absolute atomic E-state index is 13.0. The van der Waals surface area contributed by atoms with Gasteiger partial charge in [-0.1, -0.05) is 32.0 Å². The van der Waals surface area contributed by atoms with E-state index >= 15 is 0 Å². The lowest BCUT2D eigenvalue weighted by Crippen LogP contribution is -2.55. The molecule has 1 aliphatic rings. The van der Waals surface area contributed by atoms with E-state index in [9.17, 15) is 14.4 Å². The number of urea groups is 1. The summed E-state index contributed by atoms with van der Waals surface area (Å²) in [4.78, 5) is 39.2. The number of carbonyl (C=O) groups excluding carboxylic acids is 3. The van der Waals surface area contributed by atoms with Crippen LogP contribution in [0.4, 0.5) is 16.2 Å². The zero-order valence-corrected chi connectivity index (χ0v) is 19.3. The first kappa shape index (κ1) is 23.9. The predicted octanol–water partition coefficient (Wildman–Crippen LogP) is 2.56. The summed E-state index contributed by atoms with van der Waals surface area (Å²) in [5.41, 5.74) is 2.13. The first-order valence-electron chi connectivity index (χ1n) is 10.8. The van der Waals surface area contributed by atoms with Crippen LogP contribution in [0.15, 0.2) is 42.5 Å². The fourth-order valence-electron chi connectivity index (χ4n) is 3.64. The van der Waals surface area contributed by atoms with Gasteiger partial charge in [0.05, 0.1) is 25.6 Å². The van der Waals surface area contributed by atoms with Crippen molar-refractivity contribution >= 4 is 29.2 Å². The molecule has 33 heavy (non-hydrogen) atoms. The highest BCUT2D eigenvalue weighted by atomic mass is 16.5. The van der Waals surface area contributed by atoms with E-state index in [1.165, 1.54) is 4.90 Å². The summed E-state index contributed by atoms with van der Waals surface area (Å²) in [6, 6.07) is 11.4. The van der Waals surface area contributed by atoms with Gasteiger partial charge in [0.25, 0.3) is 0 Å². The number of methoxy groups -OCH3 is 2. The molecule has 1 heterocycles. The van der Waals surface area contributed by atoms with Crippen LogP contribution >= 0.6 is 0 Å². The van der Waals surface area contributed by atoms with Crippen molar-refractivity contribution in [3.05, 3.63) is 48.0 Å². The van der Waals surface area contributed by atoms with Crippen LogP contribution in [0, 0.1) is 5.92 Å². The Morgan fingerprint density at radius 1 is 1.09 bits per heavy atom. The van der Waals surface area contributed by atoms with Crippen LogP contribution in [-0.4, -0.2) is 51.2 Å². The summed E-state index contributed by atoms with van der Waals surface area (Å²) >= 11 is 0. The Bertz CT molecular complexity index is 1020. The molecule has 0 radical (unpaired) electrons. The molecule has 2 aromatic carbocycles. The van der Waals surface area contributed by atoms with Crippen molar-refractivity contribution in [2.75, 3.05) is 37.5 Å². The third-order valence-corrected chi connectivity index (χ3v) is 5.40. The normalized spacial score (nSPS) is 13.6. The summed E-state index contributed by atoms with van der Waals surface area (Å²) < 4.78 is 10.6. The number of ether oxygens (including phenoxy) is 2. The van der Waals surface area contributed by atoms with Gasteiger partial charge in [-0.3, -0.25) is 14.5 Å². The van der Waals surface area contributed by atoms with E-state index in [0.29, 0.717) is 35.8 Å². The molecular formula is C24H30N4O5. The standard InChI is InChI=1S/C24H30N4O5/c1-15(2)22(23(30)25-12-11-16-9-10-19(32-3)20(13-16)33-4)27-24(31)28-14-21(29)26-17-7-5-6-8-18(17)28/h5-10,13,15,22H,11-12,14H2,1-4H3,(H,25,30)(H,26,29)(H,27,31)/t22-/m1/s1. The van der Waals surface area contributed by atoms with E-state index in [1.807, 2.05) is 32.0 Å². The average molecular weight is 455 g/mol. The van der Waals surface area contributed by atoms with Crippen LogP contribution in [0.1, 0.15) is 19.4 Å².